The molecule has 5 nitrogen and oxygen atoms in total. The van der Waals surface area contributed by atoms with Gasteiger partial charge in [-0.2, -0.15) is 0 Å². The normalized spacial score (nSPS) is 10.9. The highest BCUT2D eigenvalue weighted by atomic mass is 16.5. The second-order valence-corrected chi connectivity index (χ2v) is 4.84. The molecule has 0 aliphatic rings. The van der Waals surface area contributed by atoms with Crippen LogP contribution in [0.5, 0.6) is 0 Å². The summed E-state index contributed by atoms with van der Waals surface area (Å²) in [6.07, 6.45) is 1.84. The Balaban J connectivity index is 1.86. The van der Waals surface area contributed by atoms with Crippen molar-refractivity contribution in [2.24, 2.45) is 0 Å². The molecule has 0 radical (unpaired) electrons. The van der Waals surface area contributed by atoms with Gasteiger partial charge in [0.05, 0.1) is 17.6 Å². The summed E-state index contributed by atoms with van der Waals surface area (Å²) >= 11 is 0. The number of nitrogens with one attached hydrogen (secondary N) is 1. The maximum Gasteiger partial charge on any atom is 0.256 e. The van der Waals surface area contributed by atoms with Crippen molar-refractivity contribution in [1.29, 1.82) is 0 Å². The number of benzene rings is 1. The topological polar surface area (TPSA) is 62.1 Å². The van der Waals surface area contributed by atoms with Crippen molar-refractivity contribution in [2.75, 3.05) is 7.05 Å². The van der Waals surface area contributed by atoms with E-state index in [1.807, 2.05) is 43.5 Å². The lowest BCUT2D eigenvalue weighted by Gasteiger charge is -2.16. The van der Waals surface area contributed by atoms with Crippen molar-refractivity contribution in [3.05, 3.63) is 53.5 Å². The van der Waals surface area contributed by atoms with E-state index in [0.29, 0.717) is 12.1 Å². The fourth-order valence-electron chi connectivity index (χ4n) is 2.28. The molecule has 0 unspecified atom stereocenters. The number of carbonyl (C=O) groups is 1. The van der Waals surface area contributed by atoms with E-state index < -0.39 is 0 Å². The summed E-state index contributed by atoms with van der Waals surface area (Å²) in [6, 6.07) is 9.47. The Bertz CT molecular complexity index is 757. The lowest BCUT2D eigenvalue weighted by atomic mass is 10.1. The number of nitrogens with zero attached hydrogens (tertiary/aromatic N) is 2. The number of rotatable bonds is 3. The van der Waals surface area contributed by atoms with Gasteiger partial charge in [-0.05, 0) is 19.1 Å². The Labute approximate surface area is 116 Å². The number of fused-ring (bicyclic) bond motifs is 1. The van der Waals surface area contributed by atoms with Crippen molar-refractivity contribution in [3.8, 4) is 0 Å². The minimum absolute atomic E-state index is 0.0429. The summed E-state index contributed by atoms with van der Waals surface area (Å²) < 4.78 is 5.01. The van der Waals surface area contributed by atoms with Gasteiger partial charge < -0.3 is 14.4 Å². The van der Waals surface area contributed by atoms with Gasteiger partial charge in [-0.1, -0.05) is 17.3 Å². The number of carbonyl (C=O) groups excluding carboxylic acids is 1. The molecule has 2 heterocycles. The van der Waals surface area contributed by atoms with E-state index in [1.165, 1.54) is 0 Å². The van der Waals surface area contributed by atoms with Crippen LogP contribution in [0.3, 0.4) is 0 Å². The first-order valence-electron chi connectivity index (χ1n) is 6.39. The Kier molecular flexibility index (Phi) is 3.02. The van der Waals surface area contributed by atoms with Crippen LogP contribution in [-0.2, 0) is 6.54 Å². The molecule has 0 aliphatic heterocycles. The summed E-state index contributed by atoms with van der Waals surface area (Å²) in [7, 11) is 1.76. The average molecular weight is 269 g/mol. The smallest absolute Gasteiger partial charge is 0.256 e. The van der Waals surface area contributed by atoms with E-state index in [4.69, 9.17) is 4.52 Å². The fourth-order valence-corrected chi connectivity index (χ4v) is 2.28. The van der Waals surface area contributed by atoms with Crippen molar-refractivity contribution < 1.29 is 9.32 Å². The lowest BCUT2D eigenvalue weighted by Crippen LogP contribution is -2.26. The number of aryl methyl sites for hydroxylation is 1. The standard InChI is InChI=1S/C15H15N3O2/c1-10-8-12(17-20-10)9-18(2)15(19)13-5-3-4-11-6-7-16-14(11)13/h3-8,16H,9H2,1-2H3. The molecule has 1 amide bonds. The van der Waals surface area contributed by atoms with Gasteiger partial charge >= 0.3 is 0 Å². The van der Waals surface area contributed by atoms with Crippen LogP contribution in [0.2, 0.25) is 0 Å². The highest BCUT2D eigenvalue weighted by Crippen LogP contribution is 2.19. The molecule has 0 fully saturated rings. The largest absolute Gasteiger partial charge is 0.361 e. The highest BCUT2D eigenvalue weighted by Gasteiger charge is 2.16. The van der Waals surface area contributed by atoms with E-state index >= 15 is 0 Å². The second kappa shape index (κ2) is 4.85. The summed E-state index contributed by atoms with van der Waals surface area (Å²) in [5, 5.41) is 4.94. The van der Waals surface area contributed by atoms with Crippen LogP contribution in [0.1, 0.15) is 21.8 Å². The number of para-hydroxylation sites is 1. The molecule has 3 rings (SSSR count). The molecule has 1 aromatic carbocycles. The number of amides is 1. The maximum absolute atomic E-state index is 12.5. The summed E-state index contributed by atoms with van der Waals surface area (Å²) in [5.41, 5.74) is 2.27. The maximum atomic E-state index is 12.5. The third-order valence-corrected chi connectivity index (χ3v) is 3.24. The molecule has 3 aromatic rings. The van der Waals surface area contributed by atoms with Crippen LogP contribution >= 0.6 is 0 Å². The van der Waals surface area contributed by atoms with Gasteiger partial charge in [0, 0.05) is 24.7 Å². The quantitative estimate of drug-likeness (QED) is 0.795. The summed E-state index contributed by atoms with van der Waals surface area (Å²) in [5.74, 6) is 0.700. The van der Waals surface area contributed by atoms with E-state index in [9.17, 15) is 4.79 Å². The van der Waals surface area contributed by atoms with Crippen molar-refractivity contribution in [2.45, 2.75) is 13.5 Å². The van der Waals surface area contributed by atoms with Gasteiger partial charge in [0.1, 0.15) is 11.5 Å². The average Bonchev–Trinajstić information content (AvgIpc) is 3.06. The molecular formula is C15H15N3O2. The molecule has 0 aliphatic carbocycles. The van der Waals surface area contributed by atoms with Gasteiger partial charge in [-0.3, -0.25) is 4.79 Å². The minimum atomic E-state index is -0.0429. The number of hydrogen-bond acceptors (Lipinski definition) is 3. The van der Waals surface area contributed by atoms with Gasteiger partial charge in [-0.25, -0.2) is 0 Å². The van der Waals surface area contributed by atoms with Gasteiger partial charge in [0.2, 0.25) is 0 Å². The molecule has 1 N–H and O–H groups in total. The number of hydrogen-bond donors (Lipinski definition) is 1. The summed E-state index contributed by atoms with van der Waals surface area (Å²) in [4.78, 5) is 17.3. The Morgan fingerprint density at radius 1 is 1.40 bits per heavy atom. The molecular weight excluding hydrogens is 254 g/mol. The number of aromatic nitrogens is 2. The van der Waals surface area contributed by atoms with E-state index in [0.717, 1.165) is 22.4 Å². The zero-order chi connectivity index (χ0) is 14.1. The van der Waals surface area contributed by atoms with Gasteiger partial charge in [-0.15, -0.1) is 0 Å². The third kappa shape index (κ3) is 2.18. The first-order valence-corrected chi connectivity index (χ1v) is 6.39. The predicted octanol–water partition coefficient (Wildman–Crippen LogP) is 2.74. The monoisotopic (exact) mass is 269 g/mol. The summed E-state index contributed by atoms with van der Waals surface area (Å²) in [6.45, 7) is 2.26. The van der Waals surface area contributed by atoms with Crippen LogP contribution in [0.25, 0.3) is 10.9 Å². The highest BCUT2D eigenvalue weighted by molar-refractivity contribution is 6.05. The molecule has 2 aromatic heterocycles. The van der Waals surface area contributed by atoms with Crippen LogP contribution < -0.4 is 0 Å². The molecule has 102 valence electrons. The van der Waals surface area contributed by atoms with Crippen molar-refractivity contribution in [3.63, 3.8) is 0 Å². The van der Waals surface area contributed by atoms with E-state index in [1.54, 1.807) is 11.9 Å². The van der Waals surface area contributed by atoms with Crippen LogP contribution in [0, 0.1) is 6.92 Å². The number of aromatic amines is 1. The minimum Gasteiger partial charge on any atom is -0.361 e. The van der Waals surface area contributed by atoms with E-state index in [-0.39, 0.29) is 5.91 Å². The first kappa shape index (κ1) is 12.5. The van der Waals surface area contributed by atoms with Crippen molar-refractivity contribution >= 4 is 16.8 Å². The molecule has 0 bridgehead atoms. The number of H-pyrrole nitrogens is 1. The Morgan fingerprint density at radius 3 is 3.00 bits per heavy atom. The Morgan fingerprint density at radius 2 is 2.25 bits per heavy atom. The van der Waals surface area contributed by atoms with Crippen LogP contribution in [-0.4, -0.2) is 28.0 Å². The first-order chi connectivity index (χ1) is 9.65. The molecule has 0 saturated carbocycles. The molecule has 5 heteroatoms. The molecule has 20 heavy (non-hydrogen) atoms. The predicted molar refractivity (Wildman–Crippen MR) is 75.3 cm³/mol. The van der Waals surface area contributed by atoms with Gasteiger partial charge in [0.25, 0.3) is 5.91 Å². The van der Waals surface area contributed by atoms with Crippen molar-refractivity contribution in [1.82, 2.24) is 15.0 Å². The Hall–Kier alpha value is -2.56. The molecule has 0 saturated heterocycles. The zero-order valence-corrected chi connectivity index (χ0v) is 11.4. The fraction of sp³-hybridized carbons (Fsp3) is 0.200. The van der Waals surface area contributed by atoms with Crippen LogP contribution in [0.4, 0.5) is 0 Å². The van der Waals surface area contributed by atoms with E-state index in [2.05, 4.69) is 10.1 Å². The third-order valence-electron chi connectivity index (χ3n) is 3.24. The zero-order valence-electron chi connectivity index (χ0n) is 11.4. The van der Waals surface area contributed by atoms with Gasteiger partial charge in [0.15, 0.2) is 0 Å². The van der Waals surface area contributed by atoms with Crippen LogP contribution in [0.15, 0.2) is 41.1 Å². The lowest BCUT2D eigenvalue weighted by molar-refractivity contribution is 0.0784. The second-order valence-electron chi connectivity index (χ2n) is 4.84. The molecule has 0 spiro atoms. The molecule has 0 atom stereocenters. The SMILES string of the molecule is Cc1cc(CN(C)C(=O)c2cccc3cc[nH]c23)no1.